The highest BCUT2D eigenvalue weighted by Gasteiger charge is 2.13. The number of benzene rings is 2. The van der Waals surface area contributed by atoms with Crippen LogP contribution in [0.5, 0.6) is 11.5 Å². The maximum atomic E-state index is 10.7. The molecule has 0 atom stereocenters. The molecule has 0 unspecified atom stereocenters. The normalized spacial score (nSPS) is 10.9. The van der Waals surface area contributed by atoms with Crippen LogP contribution in [0.4, 0.5) is 5.69 Å². The Labute approximate surface area is 156 Å². The highest BCUT2D eigenvalue weighted by atomic mass is 35.5. The highest BCUT2D eigenvalue weighted by Crippen LogP contribution is 2.37. The molecule has 0 radical (unpaired) electrons. The number of rotatable bonds is 7. The summed E-state index contributed by atoms with van der Waals surface area (Å²) >= 11 is 6.29. The Kier molecular flexibility index (Phi) is 6.59. The van der Waals surface area contributed by atoms with Crippen LogP contribution in [0.25, 0.3) is 11.6 Å². The first-order valence-electron chi connectivity index (χ1n) is 7.95. The maximum absolute atomic E-state index is 10.7. The van der Waals surface area contributed by atoms with Crippen molar-refractivity contribution in [3.8, 4) is 17.6 Å². The van der Waals surface area contributed by atoms with Gasteiger partial charge in [-0.2, -0.15) is 5.26 Å². The summed E-state index contributed by atoms with van der Waals surface area (Å²) in [5.41, 5.74) is 1.55. The standard InChI is InChI=1S/C19H17ClN2O4/c1-3-25-18-11-13(10-17(20)19(18)26-4-2)9-15(12-21)14-5-7-16(8-6-14)22(23)24/h5-11H,3-4H2,1-2H3/b15-9-. The van der Waals surface area contributed by atoms with Crippen LogP contribution in [0, 0.1) is 21.4 Å². The number of allylic oxidation sites excluding steroid dienone is 1. The number of hydrogen-bond donors (Lipinski definition) is 0. The first-order valence-corrected chi connectivity index (χ1v) is 8.33. The number of nitro groups is 1. The number of ether oxygens (including phenoxy) is 2. The molecule has 0 saturated carbocycles. The molecule has 0 bridgehead atoms. The maximum Gasteiger partial charge on any atom is 0.269 e. The molecule has 0 aliphatic heterocycles. The minimum absolute atomic E-state index is 0.0335. The molecule has 134 valence electrons. The number of nitriles is 1. The van der Waals surface area contributed by atoms with Crippen LogP contribution in [-0.4, -0.2) is 18.1 Å². The van der Waals surface area contributed by atoms with Crippen LogP contribution in [-0.2, 0) is 0 Å². The molecule has 0 aliphatic rings. The average Bonchev–Trinajstić information content (AvgIpc) is 2.63. The number of halogens is 1. The quantitative estimate of drug-likeness (QED) is 0.292. The minimum Gasteiger partial charge on any atom is -0.490 e. The van der Waals surface area contributed by atoms with Gasteiger partial charge in [0.1, 0.15) is 0 Å². The second-order valence-electron chi connectivity index (χ2n) is 5.17. The van der Waals surface area contributed by atoms with E-state index in [1.807, 2.05) is 13.8 Å². The van der Waals surface area contributed by atoms with Crippen LogP contribution in [0.3, 0.4) is 0 Å². The lowest BCUT2D eigenvalue weighted by atomic mass is 10.0. The highest BCUT2D eigenvalue weighted by molar-refractivity contribution is 6.32. The van der Waals surface area contributed by atoms with Gasteiger partial charge in [-0.3, -0.25) is 10.1 Å². The summed E-state index contributed by atoms with van der Waals surface area (Å²) in [6, 6.07) is 11.3. The number of nitro benzene ring substituents is 1. The van der Waals surface area contributed by atoms with Crippen molar-refractivity contribution in [3.05, 3.63) is 62.7 Å². The third-order valence-corrected chi connectivity index (χ3v) is 3.72. The zero-order chi connectivity index (χ0) is 19.1. The zero-order valence-electron chi connectivity index (χ0n) is 14.4. The Morgan fingerprint density at radius 1 is 1.23 bits per heavy atom. The average molecular weight is 373 g/mol. The topological polar surface area (TPSA) is 85.4 Å². The predicted octanol–water partition coefficient (Wildman–Crippen LogP) is 5.11. The fourth-order valence-corrected chi connectivity index (χ4v) is 2.60. The van der Waals surface area contributed by atoms with Gasteiger partial charge in [0.05, 0.1) is 34.8 Å². The molecular formula is C19H17ClN2O4. The zero-order valence-corrected chi connectivity index (χ0v) is 15.1. The smallest absolute Gasteiger partial charge is 0.269 e. The molecule has 0 spiro atoms. The van der Waals surface area contributed by atoms with Gasteiger partial charge in [0.2, 0.25) is 0 Å². The summed E-state index contributed by atoms with van der Waals surface area (Å²) in [5, 5.41) is 20.6. The Bertz CT molecular complexity index is 870. The molecule has 0 heterocycles. The van der Waals surface area contributed by atoms with Crippen LogP contribution >= 0.6 is 11.6 Å². The van der Waals surface area contributed by atoms with E-state index in [2.05, 4.69) is 6.07 Å². The van der Waals surface area contributed by atoms with E-state index in [0.717, 1.165) is 0 Å². The van der Waals surface area contributed by atoms with Crippen molar-refractivity contribution < 1.29 is 14.4 Å². The molecule has 0 saturated heterocycles. The minimum atomic E-state index is -0.486. The second-order valence-corrected chi connectivity index (χ2v) is 5.58. The third-order valence-electron chi connectivity index (χ3n) is 3.44. The molecule has 0 aromatic heterocycles. The summed E-state index contributed by atoms with van der Waals surface area (Å²) in [7, 11) is 0. The summed E-state index contributed by atoms with van der Waals surface area (Å²) in [5.74, 6) is 0.955. The van der Waals surface area contributed by atoms with Crippen LogP contribution in [0.2, 0.25) is 5.02 Å². The molecule has 7 heteroatoms. The van der Waals surface area contributed by atoms with E-state index in [0.29, 0.717) is 46.4 Å². The van der Waals surface area contributed by atoms with Gasteiger partial charge in [-0.1, -0.05) is 11.6 Å². The number of non-ortho nitro benzene ring substituents is 1. The monoisotopic (exact) mass is 372 g/mol. The van der Waals surface area contributed by atoms with Gasteiger partial charge in [0, 0.05) is 12.1 Å². The van der Waals surface area contributed by atoms with Crippen molar-refractivity contribution in [1.82, 2.24) is 0 Å². The first-order chi connectivity index (χ1) is 12.5. The molecule has 2 aromatic rings. The summed E-state index contributed by atoms with van der Waals surface area (Å²) in [6.07, 6.45) is 1.64. The van der Waals surface area contributed by atoms with E-state index >= 15 is 0 Å². The lowest BCUT2D eigenvalue weighted by Crippen LogP contribution is -1.99. The van der Waals surface area contributed by atoms with Gasteiger partial charge >= 0.3 is 0 Å². The number of hydrogen-bond acceptors (Lipinski definition) is 5. The van der Waals surface area contributed by atoms with E-state index in [1.54, 1.807) is 18.2 Å². The van der Waals surface area contributed by atoms with Gasteiger partial charge in [0.15, 0.2) is 11.5 Å². The summed E-state index contributed by atoms with van der Waals surface area (Å²) in [6.45, 7) is 4.59. The Morgan fingerprint density at radius 3 is 2.42 bits per heavy atom. The Balaban J connectivity index is 2.45. The molecule has 0 aliphatic carbocycles. The molecule has 0 N–H and O–H groups in total. The summed E-state index contributed by atoms with van der Waals surface area (Å²) < 4.78 is 11.1. The van der Waals surface area contributed by atoms with Crippen LogP contribution in [0.15, 0.2) is 36.4 Å². The SMILES string of the molecule is CCOc1cc(/C=C(/C#N)c2ccc([N+](=O)[O-])cc2)cc(Cl)c1OCC. The molecule has 0 fully saturated rings. The van der Waals surface area contributed by atoms with Gasteiger partial charge in [-0.05, 0) is 55.3 Å². The largest absolute Gasteiger partial charge is 0.490 e. The lowest BCUT2D eigenvalue weighted by molar-refractivity contribution is -0.384. The van der Waals surface area contributed by atoms with Gasteiger partial charge in [-0.15, -0.1) is 0 Å². The van der Waals surface area contributed by atoms with E-state index < -0.39 is 4.92 Å². The molecule has 6 nitrogen and oxygen atoms in total. The Hall–Kier alpha value is -3.04. The molecule has 2 aromatic carbocycles. The van der Waals surface area contributed by atoms with Crippen molar-refractivity contribution in [2.24, 2.45) is 0 Å². The van der Waals surface area contributed by atoms with Gasteiger partial charge < -0.3 is 9.47 Å². The predicted molar refractivity (Wildman–Crippen MR) is 100 cm³/mol. The van der Waals surface area contributed by atoms with Gasteiger partial charge in [0.25, 0.3) is 5.69 Å². The molecule has 2 rings (SSSR count). The first kappa shape index (κ1) is 19.3. The second kappa shape index (κ2) is 8.88. The summed E-state index contributed by atoms with van der Waals surface area (Å²) in [4.78, 5) is 10.3. The van der Waals surface area contributed by atoms with Crippen molar-refractivity contribution in [2.75, 3.05) is 13.2 Å². The van der Waals surface area contributed by atoms with Gasteiger partial charge in [-0.25, -0.2) is 0 Å². The van der Waals surface area contributed by atoms with E-state index in [4.69, 9.17) is 21.1 Å². The fraction of sp³-hybridized carbons (Fsp3) is 0.211. The molecule has 26 heavy (non-hydrogen) atoms. The third kappa shape index (κ3) is 4.52. The van der Waals surface area contributed by atoms with Crippen molar-refractivity contribution >= 4 is 28.9 Å². The number of nitrogens with zero attached hydrogens (tertiary/aromatic N) is 2. The van der Waals surface area contributed by atoms with E-state index in [1.165, 1.54) is 24.3 Å². The van der Waals surface area contributed by atoms with Crippen LogP contribution < -0.4 is 9.47 Å². The lowest BCUT2D eigenvalue weighted by Gasteiger charge is -2.13. The Morgan fingerprint density at radius 2 is 1.88 bits per heavy atom. The molecular weight excluding hydrogens is 356 g/mol. The van der Waals surface area contributed by atoms with E-state index in [-0.39, 0.29) is 5.69 Å². The van der Waals surface area contributed by atoms with Crippen molar-refractivity contribution in [2.45, 2.75) is 13.8 Å². The fourth-order valence-electron chi connectivity index (χ4n) is 2.33. The van der Waals surface area contributed by atoms with Crippen molar-refractivity contribution in [3.63, 3.8) is 0 Å². The molecule has 0 amide bonds. The van der Waals surface area contributed by atoms with Crippen LogP contribution in [0.1, 0.15) is 25.0 Å². The van der Waals surface area contributed by atoms with E-state index in [9.17, 15) is 15.4 Å². The van der Waals surface area contributed by atoms with Crippen molar-refractivity contribution in [1.29, 1.82) is 5.26 Å².